The molecule has 2 N–H and O–H groups in total. The van der Waals surface area contributed by atoms with Crippen molar-refractivity contribution in [1.82, 2.24) is 0 Å². The SMILES string of the molecule is Cc1c(S(=O)(=O)O)cc2cc(SOOO)c(N=Nc3ccccc3)c(C)c2c1C. The van der Waals surface area contributed by atoms with Crippen LogP contribution in [0.1, 0.15) is 16.7 Å². The molecule has 0 atom stereocenters. The molecule has 0 amide bonds. The number of rotatable bonds is 6. The first kappa shape index (κ1) is 21.4. The minimum absolute atomic E-state index is 0.171. The van der Waals surface area contributed by atoms with Crippen molar-refractivity contribution < 1.29 is 27.6 Å². The summed E-state index contributed by atoms with van der Waals surface area (Å²) in [6.07, 6.45) is 0. The summed E-state index contributed by atoms with van der Waals surface area (Å²) in [6, 6.07) is 12.2. The predicted molar refractivity (Wildman–Crippen MR) is 109 cm³/mol. The van der Waals surface area contributed by atoms with Gasteiger partial charge in [-0.15, -0.1) is 9.45 Å². The number of aryl methyl sites for hydroxylation is 2. The van der Waals surface area contributed by atoms with Gasteiger partial charge in [-0.2, -0.15) is 13.5 Å². The molecule has 8 nitrogen and oxygen atoms in total. The molecule has 3 aromatic rings. The van der Waals surface area contributed by atoms with Crippen molar-refractivity contribution in [3.05, 3.63) is 59.2 Å². The fourth-order valence-corrected chi connectivity index (χ4v) is 4.51. The second-order valence-corrected chi connectivity index (χ2v) is 8.44. The maximum Gasteiger partial charge on any atom is 0.294 e. The molecule has 0 aromatic heterocycles. The Morgan fingerprint density at radius 1 is 0.966 bits per heavy atom. The van der Waals surface area contributed by atoms with Gasteiger partial charge in [0.25, 0.3) is 10.1 Å². The third-order valence-corrected chi connectivity index (χ3v) is 6.19. The highest BCUT2D eigenvalue weighted by Crippen LogP contribution is 2.41. The summed E-state index contributed by atoms with van der Waals surface area (Å²) in [4.78, 5) is 0.268. The summed E-state index contributed by atoms with van der Waals surface area (Å²) in [5, 5.41) is 22.1. The zero-order valence-electron chi connectivity index (χ0n) is 15.8. The first-order chi connectivity index (χ1) is 13.7. The molecule has 0 spiro atoms. The van der Waals surface area contributed by atoms with Crippen molar-refractivity contribution >= 4 is 44.3 Å². The van der Waals surface area contributed by atoms with Gasteiger partial charge in [0.15, 0.2) is 0 Å². The van der Waals surface area contributed by atoms with Gasteiger partial charge in [0, 0.05) is 0 Å². The van der Waals surface area contributed by atoms with E-state index in [1.807, 2.05) is 25.1 Å². The highest BCUT2D eigenvalue weighted by Gasteiger charge is 2.21. The number of hydrogen-bond donors (Lipinski definition) is 2. The monoisotopic (exact) mass is 434 g/mol. The van der Waals surface area contributed by atoms with E-state index in [9.17, 15) is 13.0 Å². The van der Waals surface area contributed by atoms with Gasteiger partial charge in [-0.1, -0.05) is 23.2 Å². The molecule has 0 saturated heterocycles. The lowest BCUT2D eigenvalue weighted by molar-refractivity contribution is -0.432. The first-order valence-corrected chi connectivity index (χ1v) is 10.6. The molecule has 10 heteroatoms. The van der Waals surface area contributed by atoms with Gasteiger partial charge < -0.3 is 0 Å². The van der Waals surface area contributed by atoms with Gasteiger partial charge >= 0.3 is 0 Å². The number of azo groups is 1. The van der Waals surface area contributed by atoms with E-state index < -0.39 is 10.1 Å². The van der Waals surface area contributed by atoms with E-state index in [4.69, 9.17) is 5.26 Å². The molecule has 0 bridgehead atoms. The van der Waals surface area contributed by atoms with Crippen LogP contribution in [0.25, 0.3) is 10.8 Å². The van der Waals surface area contributed by atoms with Crippen molar-refractivity contribution in [1.29, 1.82) is 0 Å². The Morgan fingerprint density at radius 2 is 1.66 bits per heavy atom. The lowest BCUT2D eigenvalue weighted by Gasteiger charge is -2.16. The van der Waals surface area contributed by atoms with Crippen molar-refractivity contribution in [3.8, 4) is 0 Å². The Balaban J connectivity index is 2.28. The summed E-state index contributed by atoms with van der Waals surface area (Å²) < 4.78 is 37.6. The summed E-state index contributed by atoms with van der Waals surface area (Å²) >= 11 is 0.697. The smallest absolute Gasteiger partial charge is 0.282 e. The van der Waals surface area contributed by atoms with Crippen LogP contribution in [0.3, 0.4) is 0 Å². The van der Waals surface area contributed by atoms with Gasteiger partial charge in [-0.3, -0.25) is 4.55 Å². The molecule has 3 aromatic carbocycles. The average Bonchev–Trinajstić information content (AvgIpc) is 2.68. The molecule has 0 saturated carbocycles. The van der Waals surface area contributed by atoms with E-state index in [1.165, 1.54) is 6.07 Å². The number of nitrogens with zero attached hydrogens (tertiary/aromatic N) is 2. The Kier molecular flexibility index (Phi) is 6.32. The standard InChI is InChI=1S/C19H18N2O6S2/c1-11-12(2)18-13(3)19(21-20-15-7-5-4-6-8-15)16(28-27-26-22)9-14(18)10-17(11)29(23,24)25/h4-10,22H,1-3H3,(H,23,24,25). The normalized spacial score (nSPS) is 12.2. The van der Waals surface area contributed by atoms with Crippen molar-refractivity contribution in [2.75, 3.05) is 0 Å². The second kappa shape index (κ2) is 8.57. The van der Waals surface area contributed by atoms with Gasteiger partial charge in [0.05, 0.1) is 27.5 Å². The van der Waals surface area contributed by atoms with Crippen LogP contribution in [0.15, 0.2) is 62.5 Å². The molecule has 29 heavy (non-hydrogen) atoms. The molecule has 0 unspecified atom stereocenters. The topological polar surface area (TPSA) is 118 Å². The summed E-state index contributed by atoms with van der Waals surface area (Å²) in [6.45, 7) is 5.23. The Bertz CT molecular complexity index is 1190. The van der Waals surface area contributed by atoms with E-state index in [0.29, 0.717) is 44.8 Å². The second-order valence-electron chi connectivity index (χ2n) is 6.31. The number of fused-ring (bicyclic) bond motifs is 1. The zero-order chi connectivity index (χ0) is 21.2. The molecular weight excluding hydrogens is 416 g/mol. The molecule has 0 aliphatic carbocycles. The predicted octanol–water partition coefficient (Wildman–Crippen LogP) is 5.86. The molecule has 0 radical (unpaired) electrons. The highest BCUT2D eigenvalue weighted by atomic mass is 32.2. The number of hydrogen-bond acceptors (Lipinski definition) is 8. The average molecular weight is 434 g/mol. The van der Waals surface area contributed by atoms with E-state index in [2.05, 4.69) is 19.6 Å². The van der Waals surface area contributed by atoms with Crippen LogP contribution in [-0.2, 0) is 19.5 Å². The van der Waals surface area contributed by atoms with Crippen LogP contribution in [0.2, 0.25) is 0 Å². The maximum atomic E-state index is 11.8. The lowest BCUT2D eigenvalue weighted by atomic mass is 9.96. The van der Waals surface area contributed by atoms with E-state index in [1.54, 1.807) is 32.0 Å². The molecule has 0 aliphatic heterocycles. The van der Waals surface area contributed by atoms with Crippen LogP contribution in [0, 0.1) is 20.8 Å². The lowest BCUT2D eigenvalue weighted by Crippen LogP contribution is -2.03. The van der Waals surface area contributed by atoms with Crippen molar-refractivity contribution in [2.24, 2.45) is 10.2 Å². The molecule has 152 valence electrons. The van der Waals surface area contributed by atoms with E-state index in [0.717, 1.165) is 10.9 Å². The van der Waals surface area contributed by atoms with Gasteiger partial charge in [-0.05, 0) is 72.5 Å². The largest absolute Gasteiger partial charge is 0.294 e. The summed E-state index contributed by atoms with van der Waals surface area (Å²) in [5.74, 6) is 0. The molecular formula is C19H18N2O6S2. The van der Waals surface area contributed by atoms with Crippen LogP contribution < -0.4 is 0 Å². The Morgan fingerprint density at radius 3 is 2.28 bits per heavy atom. The van der Waals surface area contributed by atoms with Crippen molar-refractivity contribution in [3.63, 3.8) is 0 Å². The zero-order valence-corrected chi connectivity index (χ0v) is 17.4. The minimum Gasteiger partial charge on any atom is -0.282 e. The van der Waals surface area contributed by atoms with Gasteiger partial charge in [0.2, 0.25) is 0 Å². The van der Waals surface area contributed by atoms with Crippen LogP contribution in [0.4, 0.5) is 11.4 Å². The number of benzene rings is 3. The molecule has 0 fully saturated rings. The van der Waals surface area contributed by atoms with Crippen LogP contribution >= 0.6 is 12.0 Å². The van der Waals surface area contributed by atoms with Gasteiger partial charge in [-0.25, -0.2) is 5.26 Å². The fraction of sp³-hybridized carbons (Fsp3) is 0.158. The molecule has 3 rings (SSSR count). The van der Waals surface area contributed by atoms with E-state index in [-0.39, 0.29) is 4.90 Å². The molecule has 0 aliphatic rings. The summed E-state index contributed by atoms with van der Waals surface area (Å²) in [5.41, 5.74) is 3.00. The summed E-state index contributed by atoms with van der Waals surface area (Å²) in [7, 11) is -4.39. The highest BCUT2D eigenvalue weighted by molar-refractivity contribution is 7.94. The first-order valence-electron chi connectivity index (χ1n) is 8.40. The Hall–Kier alpha value is -2.34. The third kappa shape index (κ3) is 4.47. The van der Waals surface area contributed by atoms with Crippen LogP contribution in [-0.4, -0.2) is 18.2 Å². The van der Waals surface area contributed by atoms with Gasteiger partial charge in [0.1, 0.15) is 5.69 Å². The Labute approximate surface area is 172 Å². The third-order valence-electron chi connectivity index (χ3n) is 4.59. The van der Waals surface area contributed by atoms with Crippen molar-refractivity contribution in [2.45, 2.75) is 30.6 Å². The van der Waals surface area contributed by atoms with E-state index >= 15 is 0 Å². The van der Waals surface area contributed by atoms with Crippen LogP contribution in [0.5, 0.6) is 0 Å². The molecule has 0 heterocycles. The maximum absolute atomic E-state index is 11.8. The quantitative estimate of drug-likeness (QED) is 0.164. The minimum atomic E-state index is -4.39. The fourth-order valence-electron chi connectivity index (χ4n) is 3.14.